The van der Waals surface area contributed by atoms with E-state index >= 15 is 0 Å². The van der Waals surface area contributed by atoms with Crippen molar-refractivity contribution in [3.8, 4) is 0 Å². The molecule has 3 heterocycles. The van der Waals surface area contributed by atoms with Gasteiger partial charge in [-0.15, -0.1) is 0 Å². The Labute approximate surface area is 204 Å². The van der Waals surface area contributed by atoms with E-state index in [9.17, 15) is 19.2 Å². The summed E-state index contributed by atoms with van der Waals surface area (Å²) in [6, 6.07) is 6.30. The van der Waals surface area contributed by atoms with E-state index in [1.165, 1.54) is 10.0 Å². The summed E-state index contributed by atoms with van der Waals surface area (Å²) < 4.78 is 11.4. The van der Waals surface area contributed by atoms with Crippen molar-refractivity contribution in [2.45, 2.75) is 76.5 Å². The van der Waals surface area contributed by atoms with Gasteiger partial charge in [0.15, 0.2) is 0 Å². The van der Waals surface area contributed by atoms with Gasteiger partial charge in [-0.25, -0.2) is 5.01 Å². The fraction of sp³-hybridized carbons (Fsp3) is 0.520. The maximum atomic E-state index is 13.6. The molecule has 3 aliphatic rings. The quantitative estimate of drug-likeness (QED) is 0.632. The predicted molar refractivity (Wildman–Crippen MR) is 125 cm³/mol. The first-order valence-corrected chi connectivity index (χ1v) is 12.0. The number of carbonyl (C=O) groups excluding carboxylic acids is 4. The van der Waals surface area contributed by atoms with Crippen LogP contribution in [0.1, 0.15) is 56.3 Å². The van der Waals surface area contributed by atoms with Gasteiger partial charge in [-0.2, -0.15) is 0 Å². The zero-order chi connectivity index (χ0) is 25.1. The summed E-state index contributed by atoms with van der Waals surface area (Å²) in [5, 5.41) is 8.29. The van der Waals surface area contributed by atoms with Gasteiger partial charge in [0.05, 0.1) is 17.9 Å². The number of rotatable bonds is 6. The van der Waals surface area contributed by atoms with Gasteiger partial charge in [0.1, 0.15) is 12.1 Å². The Morgan fingerprint density at radius 2 is 1.89 bits per heavy atom. The molecule has 2 N–H and O–H groups in total. The number of hydrogen-bond donors (Lipinski definition) is 2. The summed E-state index contributed by atoms with van der Waals surface area (Å²) in [4.78, 5) is 52.5. The molecule has 0 aromatic heterocycles. The second-order valence-electron chi connectivity index (χ2n) is 9.32. The van der Waals surface area contributed by atoms with Gasteiger partial charge < -0.3 is 20.1 Å². The summed E-state index contributed by atoms with van der Waals surface area (Å²) >= 11 is 0. The standard InChI is InChI=1S/C25H32N4O6/c1-15(2)34-25-19(14-16(3)35-25)27-23(32)20-10-7-13-28-21(30)12-11-18(24(33)29(20)28)26-22(31)17-8-5-4-6-9-17/h4-6,8-9,15,18-20,25H,3,7,10-14H2,1-2H3,(H,26,31)(H,27,32)/t18-,19-,20-,25-/m0/s1. The first-order chi connectivity index (χ1) is 16.7. The van der Waals surface area contributed by atoms with Gasteiger partial charge in [0.2, 0.25) is 18.1 Å². The molecule has 4 rings (SSSR count). The van der Waals surface area contributed by atoms with Crippen molar-refractivity contribution in [2.24, 2.45) is 0 Å². The molecule has 3 fully saturated rings. The smallest absolute Gasteiger partial charge is 0.264 e. The van der Waals surface area contributed by atoms with Crippen LogP contribution in [0.2, 0.25) is 0 Å². The lowest BCUT2D eigenvalue weighted by Crippen LogP contribution is -2.64. The molecule has 4 atom stereocenters. The van der Waals surface area contributed by atoms with Crippen LogP contribution in [-0.2, 0) is 23.9 Å². The molecule has 0 bridgehead atoms. The van der Waals surface area contributed by atoms with Crippen LogP contribution in [0, 0.1) is 0 Å². The van der Waals surface area contributed by atoms with Crippen LogP contribution in [0.25, 0.3) is 0 Å². The van der Waals surface area contributed by atoms with Gasteiger partial charge in [0, 0.05) is 24.9 Å². The molecule has 0 unspecified atom stereocenters. The molecule has 188 valence electrons. The SMILES string of the molecule is C=C1C[C@H](NC(=O)[C@@H]2CCCN3C(=O)CC[C@H](NC(=O)c4ccccc4)C(=O)N23)[C@@H](OC(C)C)O1. The van der Waals surface area contributed by atoms with Crippen molar-refractivity contribution in [1.82, 2.24) is 20.7 Å². The monoisotopic (exact) mass is 484 g/mol. The van der Waals surface area contributed by atoms with E-state index < -0.39 is 42.1 Å². The van der Waals surface area contributed by atoms with Crippen molar-refractivity contribution < 1.29 is 28.7 Å². The molecule has 4 amide bonds. The van der Waals surface area contributed by atoms with Gasteiger partial charge in [-0.3, -0.25) is 24.2 Å². The first-order valence-electron chi connectivity index (χ1n) is 12.0. The van der Waals surface area contributed by atoms with E-state index in [0.29, 0.717) is 37.1 Å². The largest absolute Gasteiger partial charge is 0.468 e. The Hall–Kier alpha value is -3.40. The van der Waals surface area contributed by atoms with E-state index in [1.807, 2.05) is 13.8 Å². The summed E-state index contributed by atoms with van der Waals surface area (Å²) in [6.07, 6.45) is 0.830. The molecule has 10 nitrogen and oxygen atoms in total. The van der Waals surface area contributed by atoms with Crippen LogP contribution < -0.4 is 10.6 Å². The summed E-state index contributed by atoms with van der Waals surface area (Å²) in [5.74, 6) is -1.01. The van der Waals surface area contributed by atoms with E-state index in [1.54, 1.807) is 30.3 Å². The Morgan fingerprint density at radius 1 is 1.14 bits per heavy atom. The van der Waals surface area contributed by atoms with Crippen LogP contribution in [-0.4, -0.2) is 70.7 Å². The van der Waals surface area contributed by atoms with E-state index in [2.05, 4.69) is 17.2 Å². The third kappa shape index (κ3) is 5.48. The zero-order valence-electron chi connectivity index (χ0n) is 20.1. The zero-order valence-corrected chi connectivity index (χ0v) is 20.1. The Balaban J connectivity index is 1.51. The number of nitrogens with one attached hydrogen (secondary N) is 2. The predicted octanol–water partition coefficient (Wildman–Crippen LogP) is 1.48. The number of benzene rings is 1. The van der Waals surface area contributed by atoms with Gasteiger partial charge in [0.25, 0.3) is 11.8 Å². The molecule has 0 spiro atoms. The molecule has 1 aromatic carbocycles. The minimum Gasteiger partial charge on any atom is -0.468 e. The highest BCUT2D eigenvalue weighted by molar-refractivity contribution is 5.99. The topological polar surface area (TPSA) is 117 Å². The van der Waals surface area contributed by atoms with E-state index in [4.69, 9.17) is 9.47 Å². The third-order valence-corrected chi connectivity index (χ3v) is 6.30. The number of amides is 4. The molecule has 35 heavy (non-hydrogen) atoms. The molecule has 1 aromatic rings. The number of hydrazine groups is 1. The molecule has 0 aliphatic carbocycles. The Kier molecular flexibility index (Phi) is 7.39. The average molecular weight is 485 g/mol. The first kappa shape index (κ1) is 24.7. The number of nitrogens with zero attached hydrogens (tertiary/aromatic N) is 2. The second-order valence-corrected chi connectivity index (χ2v) is 9.32. The van der Waals surface area contributed by atoms with Gasteiger partial charge >= 0.3 is 0 Å². The average Bonchev–Trinajstić information content (AvgIpc) is 3.12. The van der Waals surface area contributed by atoms with Crippen molar-refractivity contribution >= 4 is 23.6 Å². The molecular formula is C25H32N4O6. The lowest BCUT2D eigenvalue weighted by molar-refractivity contribution is -0.177. The molecule has 3 saturated heterocycles. The van der Waals surface area contributed by atoms with Crippen LogP contribution in [0.15, 0.2) is 42.7 Å². The fourth-order valence-electron chi connectivity index (χ4n) is 4.66. The molecule has 3 aliphatic heterocycles. The van der Waals surface area contributed by atoms with Crippen LogP contribution >= 0.6 is 0 Å². The molecule has 0 radical (unpaired) electrons. The minimum atomic E-state index is -0.920. The summed E-state index contributed by atoms with van der Waals surface area (Å²) in [5.41, 5.74) is 0.415. The molecular weight excluding hydrogens is 452 g/mol. The third-order valence-electron chi connectivity index (χ3n) is 6.30. The van der Waals surface area contributed by atoms with Crippen molar-refractivity contribution in [3.05, 3.63) is 48.2 Å². The lowest BCUT2D eigenvalue weighted by atomic mass is 10.0. The minimum absolute atomic E-state index is 0.0942. The van der Waals surface area contributed by atoms with Crippen molar-refractivity contribution in [1.29, 1.82) is 0 Å². The molecule has 0 saturated carbocycles. The highest BCUT2D eigenvalue weighted by Crippen LogP contribution is 2.28. The second kappa shape index (κ2) is 10.5. The maximum Gasteiger partial charge on any atom is 0.264 e. The maximum absolute atomic E-state index is 13.6. The van der Waals surface area contributed by atoms with Gasteiger partial charge in [-0.1, -0.05) is 24.8 Å². The number of carbonyl (C=O) groups is 4. The van der Waals surface area contributed by atoms with Crippen LogP contribution in [0.4, 0.5) is 0 Å². The highest BCUT2D eigenvalue weighted by atomic mass is 16.7. The van der Waals surface area contributed by atoms with Crippen molar-refractivity contribution in [3.63, 3.8) is 0 Å². The Morgan fingerprint density at radius 3 is 2.60 bits per heavy atom. The normalized spacial score (nSPS) is 26.8. The lowest BCUT2D eigenvalue weighted by Gasteiger charge is -2.43. The van der Waals surface area contributed by atoms with E-state index in [-0.39, 0.29) is 24.9 Å². The summed E-state index contributed by atoms with van der Waals surface area (Å²) in [6.45, 7) is 7.91. The highest BCUT2D eigenvalue weighted by Gasteiger charge is 2.46. The molecule has 10 heteroatoms. The fourth-order valence-corrected chi connectivity index (χ4v) is 4.66. The van der Waals surface area contributed by atoms with Crippen LogP contribution in [0.3, 0.4) is 0 Å². The number of hydrogen-bond acceptors (Lipinski definition) is 6. The number of ether oxygens (including phenoxy) is 2. The van der Waals surface area contributed by atoms with Gasteiger partial charge in [-0.05, 0) is 45.2 Å². The van der Waals surface area contributed by atoms with Crippen LogP contribution in [0.5, 0.6) is 0 Å². The summed E-state index contributed by atoms with van der Waals surface area (Å²) in [7, 11) is 0. The Bertz CT molecular complexity index is 997. The van der Waals surface area contributed by atoms with Crippen molar-refractivity contribution in [2.75, 3.05) is 6.54 Å². The number of fused-ring (bicyclic) bond motifs is 1. The van der Waals surface area contributed by atoms with E-state index in [0.717, 1.165) is 0 Å².